The van der Waals surface area contributed by atoms with Gasteiger partial charge >= 0.3 is 0 Å². The lowest BCUT2D eigenvalue weighted by molar-refractivity contribution is 0.0318. The van der Waals surface area contributed by atoms with E-state index in [-0.39, 0.29) is 16.9 Å². The van der Waals surface area contributed by atoms with Crippen molar-refractivity contribution < 1.29 is 9.47 Å². The minimum atomic E-state index is 0.0218. The van der Waals surface area contributed by atoms with E-state index in [1.54, 1.807) is 7.11 Å². The molecule has 0 unspecified atom stereocenters. The Morgan fingerprint density at radius 2 is 1.86 bits per heavy atom. The molecule has 1 aliphatic rings. The van der Waals surface area contributed by atoms with Crippen LogP contribution in [0.2, 0.25) is 0 Å². The summed E-state index contributed by atoms with van der Waals surface area (Å²) in [6.07, 6.45) is 8.49. The average Bonchev–Trinajstić information content (AvgIpc) is 2.92. The molecular weight excluding hydrogens is 344 g/mol. The molecule has 1 saturated carbocycles. The zero-order chi connectivity index (χ0) is 20.5. The van der Waals surface area contributed by atoms with Gasteiger partial charge in [-0.05, 0) is 49.5 Å². The molecule has 1 aliphatic carbocycles. The first kappa shape index (κ1) is 23.0. The molecule has 0 saturated heterocycles. The van der Waals surface area contributed by atoms with Gasteiger partial charge < -0.3 is 9.47 Å². The van der Waals surface area contributed by atoms with Crippen LogP contribution >= 0.6 is 0 Å². The second-order valence-corrected chi connectivity index (χ2v) is 9.13. The molecule has 156 valence electrons. The first-order valence-electron chi connectivity index (χ1n) is 11.1. The molecule has 1 fully saturated rings. The lowest BCUT2D eigenvalue weighted by Gasteiger charge is -2.38. The molecule has 1 aromatic rings. The topological polar surface area (TPSA) is 18.5 Å². The second-order valence-electron chi connectivity index (χ2n) is 9.13. The van der Waals surface area contributed by atoms with Crippen molar-refractivity contribution in [3.63, 3.8) is 0 Å². The summed E-state index contributed by atoms with van der Waals surface area (Å²) in [5.41, 5.74) is 1.40. The van der Waals surface area contributed by atoms with Crippen LogP contribution in [0, 0.1) is 28.6 Å². The number of unbranched alkanes of at least 4 members (excludes halogenated alkanes) is 3. The molecule has 3 atom stereocenters. The van der Waals surface area contributed by atoms with Gasteiger partial charge in [0.25, 0.3) is 0 Å². The standard InChI is InChI=1S/C26H40O2/c1-6-7-8-12-15-24(27-5)17-19-26(4)18-16-23(25(26,2)3)21-28-20-22-13-10-9-11-14-22/h9-11,13-14,23-24H,6-8,12,15-16,18,20-21H2,1-5H3/t23-,24+,26+/m1/s1. The van der Waals surface area contributed by atoms with E-state index in [4.69, 9.17) is 9.47 Å². The van der Waals surface area contributed by atoms with E-state index in [2.05, 4.69) is 63.8 Å². The molecule has 2 rings (SSSR count). The molecule has 1 aromatic carbocycles. The maximum absolute atomic E-state index is 6.08. The van der Waals surface area contributed by atoms with E-state index in [0.29, 0.717) is 12.5 Å². The number of methoxy groups -OCH3 is 1. The van der Waals surface area contributed by atoms with Gasteiger partial charge in [-0.15, -0.1) is 0 Å². The Bertz CT molecular complexity index is 625. The van der Waals surface area contributed by atoms with E-state index in [1.807, 2.05) is 6.07 Å². The lowest BCUT2D eigenvalue weighted by atomic mass is 9.66. The van der Waals surface area contributed by atoms with Gasteiger partial charge in [-0.1, -0.05) is 82.2 Å². The summed E-state index contributed by atoms with van der Waals surface area (Å²) >= 11 is 0. The molecule has 0 spiro atoms. The number of benzene rings is 1. The summed E-state index contributed by atoms with van der Waals surface area (Å²) in [4.78, 5) is 0. The van der Waals surface area contributed by atoms with Gasteiger partial charge in [-0.2, -0.15) is 0 Å². The Kier molecular flexibility index (Phi) is 9.06. The first-order chi connectivity index (χ1) is 13.4. The van der Waals surface area contributed by atoms with Crippen molar-refractivity contribution in [2.75, 3.05) is 13.7 Å². The minimum absolute atomic E-state index is 0.0218. The van der Waals surface area contributed by atoms with Crippen molar-refractivity contribution in [2.24, 2.45) is 16.7 Å². The van der Waals surface area contributed by atoms with Crippen LogP contribution in [0.4, 0.5) is 0 Å². The number of rotatable bonds is 10. The van der Waals surface area contributed by atoms with Crippen molar-refractivity contribution in [3.05, 3.63) is 35.9 Å². The van der Waals surface area contributed by atoms with Crippen LogP contribution in [0.15, 0.2) is 30.3 Å². The predicted molar refractivity (Wildman–Crippen MR) is 118 cm³/mol. The monoisotopic (exact) mass is 384 g/mol. The molecule has 2 nitrogen and oxygen atoms in total. The molecular formula is C26H40O2. The fourth-order valence-electron chi connectivity index (χ4n) is 4.25. The lowest BCUT2D eigenvalue weighted by Crippen LogP contribution is -2.35. The normalized spacial score (nSPS) is 24.5. The molecule has 0 N–H and O–H groups in total. The summed E-state index contributed by atoms with van der Waals surface area (Å²) in [6.45, 7) is 10.8. The number of hydrogen-bond acceptors (Lipinski definition) is 2. The van der Waals surface area contributed by atoms with Gasteiger partial charge in [0.05, 0.1) is 13.2 Å². The average molecular weight is 385 g/mol. The summed E-state index contributed by atoms with van der Waals surface area (Å²) in [7, 11) is 1.79. The van der Waals surface area contributed by atoms with Crippen molar-refractivity contribution in [1.29, 1.82) is 0 Å². The van der Waals surface area contributed by atoms with Crippen LogP contribution in [0.25, 0.3) is 0 Å². The zero-order valence-corrected chi connectivity index (χ0v) is 18.7. The quantitative estimate of drug-likeness (QED) is 0.333. The van der Waals surface area contributed by atoms with Crippen LogP contribution < -0.4 is 0 Å². The fraction of sp³-hybridized carbons (Fsp3) is 0.692. The Balaban J connectivity index is 1.90. The highest BCUT2D eigenvalue weighted by Crippen LogP contribution is 2.55. The third-order valence-corrected chi connectivity index (χ3v) is 6.98. The van der Waals surface area contributed by atoms with Gasteiger partial charge in [0, 0.05) is 12.5 Å². The van der Waals surface area contributed by atoms with Crippen molar-refractivity contribution in [2.45, 2.75) is 85.4 Å². The van der Waals surface area contributed by atoms with Gasteiger partial charge in [0.1, 0.15) is 6.10 Å². The van der Waals surface area contributed by atoms with Crippen LogP contribution in [0.1, 0.15) is 78.2 Å². The molecule has 0 heterocycles. The highest BCUT2D eigenvalue weighted by Gasteiger charge is 2.50. The molecule has 0 aromatic heterocycles. The fourth-order valence-corrected chi connectivity index (χ4v) is 4.25. The van der Waals surface area contributed by atoms with E-state index in [0.717, 1.165) is 19.4 Å². The molecule has 0 aliphatic heterocycles. The Labute approximate surface area is 173 Å². The van der Waals surface area contributed by atoms with E-state index < -0.39 is 0 Å². The summed E-state index contributed by atoms with van der Waals surface area (Å²) in [5.74, 6) is 7.66. The third kappa shape index (κ3) is 6.10. The molecule has 0 bridgehead atoms. The van der Waals surface area contributed by atoms with Crippen molar-refractivity contribution in [1.82, 2.24) is 0 Å². The van der Waals surface area contributed by atoms with Crippen LogP contribution in [0.3, 0.4) is 0 Å². The highest BCUT2D eigenvalue weighted by molar-refractivity contribution is 5.21. The summed E-state index contributed by atoms with van der Waals surface area (Å²) < 4.78 is 11.7. The maximum atomic E-state index is 6.08. The maximum Gasteiger partial charge on any atom is 0.117 e. The first-order valence-corrected chi connectivity index (χ1v) is 11.1. The van der Waals surface area contributed by atoms with Gasteiger partial charge in [-0.25, -0.2) is 0 Å². The third-order valence-electron chi connectivity index (χ3n) is 6.98. The highest BCUT2D eigenvalue weighted by atomic mass is 16.5. The SMILES string of the molecule is CCCCCC[C@@H](C#C[C@]1(C)CC[C@H](COCc2ccccc2)C1(C)C)OC. The molecule has 28 heavy (non-hydrogen) atoms. The van der Waals surface area contributed by atoms with Gasteiger partial charge in [0.15, 0.2) is 0 Å². The van der Waals surface area contributed by atoms with E-state index in [9.17, 15) is 0 Å². The molecule has 2 heteroatoms. The second kappa shape index (κ2) is 11.0. The smallest absolute Gasteiger partial charge is 0.117 e. The Morgan fingerprint density at radius 3 is 2.54 bits per heavy atom. The Hall–Kier alpha value is -1.30. The van der Waals surface area contributed by atoms with Crippen LogP contribution in [-0.2, 0) is 16.1 Å². The van der Waals surface area contributed by atoms with Gasteiger partial charge in [0.2, 0.25) is 0 Å². The van der Waals surface area contributed by atoms with Crippen molar-refractivity contribution in [3.8, 4) is 11.8 Å². The number of ether oxygens (including phenoxy) is 2. The van der Waals surface area contributed by atoms with Crippen molar-refractivity contribution >= 4 is 0 Å². The minimum Gasteiger partial charge on any atom is -0.376 e. The number of hydrogen-bond donors (Lipinski definition) is 0. The van der Waals surface area contributed by atoms with E-state index >= 15 is 0 Å². The van der Waals surface area contributed by atoms with Crippen LogP contribution in [-0.4, -0.2) is 19.8 Å². The molecule has 0 radical (unpaired) electrons. The Morgan fingerprint density at radius 1 is 1.11 bits per heavy atom. The predicted octanol–water partition coefficient (Wildman–Crippen LogP) is 6.63. The summed E-state index contributed by atoms with van der Waals surface area (Å²) in [6, 6.07) is 10.4. The molecule has 0 amide bonds. The van der Waals surface area contributed by atoms with Crippen LogP contribution in [0.5, 0.6) is 0 Å². The van der Waals surface area contributed by atoms with Gasteiger partial charge in [-0.3, -0.25) is 0 Å². The largest absolute Gasteiger partial charge is 0.376 e. The zero-order valence-electron chi connectivity index (χ0n) is 18.7. The summed E-state index contributed by atoms with van der Waals surface area (Å²) in [5, 5.41) is 0. The van der Waals surface area contributed by atoms with E-state index in [1.165, 1.54) is 37.7 Å².